The Bertz CT molecular complexity index is 1340. The Labute approximate surface area is 279 Å². The predicted molar refractivity (Wildman–Crippen MR) is 187 cm³/mol. The van der Waals surface area contributed by atoms with Crippen LogP contribution >= 0.6 is 23.5 Å². The number of benzene rings is 2. The molecule has 0 unspecified atom stereocenters. The molecule has 0 aliphatic heterocycles. The van der Waals surface area contributed by atoms with Gasteiger partial charge < -0.3 is 20.4 Å². The molecule has 0 spiro atoms. The van der Waals surface area contributed by atoms with Crippen molar-refractivity contribution in [1.82, 2.24) is 4.90 Å². The molecule has 0 heterocycles. The van der Waals surface area contributed by atoms with Gasteiger partial charge in [0, 0.05) is 38.6 Å². The van der Waals surface area contributed by atoms with E-state index in [1.54, 1.807) is 23.5 Å². The van der Waals surface area contributed by atoms with E-state index in [2.05, 4.69) is 94.4 Å². The first-order chi connectivity index (χ1) is 20.1. The van der Waals surface area contributed by atoms with Crippen molar-refractivity contribution in [3.63, 3.8) is 0 Å². The van der Waals surface area contributed by atoms with Crippen LogP contribution in [0.1, 0.15) is 119 Å². The number of phenolic OH excluding ortho intramolecular Hbond substituents is 2. The molecule has 2 aromatic rings. The zero-order chi connectivity index (χ0) is 34.9. The van der Waals surface area contributed by atoms with Gasteiger partial charge in [0.25, 0.3) is 0 Å². The van der Waals surface area contributed by atoms with E-state index in [9.17, 15) is 30.0 Å². The summed E-state index contributed by atoms with van der Waals surface area (Å²) in [6.07, 6.45) is 0.454. The fraction of sp³-hybridized carbons (Fsp3) is 0.611. The van der Waals surface area contributed by atoms with Gasteiger partial charge in [0.1, 0.15) is 11.5 Å². The minimum Gasteiger partial charge on any atom is -0.507 e. The third-order valence-electron chi connectivity index (χ3n) is 7.82. The third kappa shape index (κ3) is 10.9. The van der Waals surface area contributed by atoms with Crippen molar-refractivity contribution in [3.05, 3.63) is 46.5 Å². The van der Waals surface area contributed by atoms with E-state index >= 15 is 0 Å². The second kappa shape index (κ2) is 13.8. The Morgan fingerprint density at radius 2 is 0.911 bits per heavy atom. The Hall–Kier alpha value is -2.36. The van der Waals surface area contributed by atoms with E-state index in [1.807, 2.05) is 19.9 Å². The molecular weight excluding hydrogens is 607 g/mol. The van der Waals surface area contributed by atoms with Gasteiger partial charge in [0.05, 0.1) is 17.2 Å². The second-order valence-corrected chi connectivity index (χ2v) is 19.9. The largest absolute Gasteiger partial charge is 0.507 e. The molecule has 0 aliphatic carbocycles. The average Bonchev–Trinajstić information content (AvgIpc) is 2.81. The van der Waals surface area contributed by atoms with Crippen LogP contribution in [0.15, 0.2) is 34.1 Å². The fourth-order valence-electron chi connectivity index (χ4n) is 5.32. The highest BCUT2D eigenvalue weighted by atomic mass is 32.2. The topological polar surface area (TPSA) is 118 Å². The van der Waals surface area contributed by atoms with Crippen LogP contribution in [0, 0.1) is 0 Å². The normalized spacial score (nSPS) is 13.4. The molecule has 0 fully saturated rings. The summed E-state index contributed by atoms with van der Waals surface area (Å²) in [7, 11) is 0. The van der Waals surface area contributed by atoms with E-state index in [1.165, 1.54) is 4.90 Å². The second-order valence-electron chi connectivity index (χ2n) is 16.2. The first-order valence-corrected chi connectivity index (χ1v) is 17.1. The van der Waals surface area contributed by atoms with E-state index in [4.69, 9.17) is 0 Å². The highest BCUT2D eigenvalue weighted by Gasteiger charge is 2.33. The highest BCUT2D eigenvalue weighted by molar-refractivity contribution is 8.18. The molecule has 0 aromatic heterocycles. The maximum atomic E-state index is 11.6. The van der Waals surface area contributed by atoms with Gasteiger partial charge in [-0.3, -0.25) is 14.5 Å². The maximum Gasteiger partial charge on any atom is 0.317 e. The number of carboxylic acids is 2. The van der Waals surface area contributed by atoms with Gasteiger partial charge >= 0.3 is 11.9 Å². The Kier molecular flexibility index (Phi) is 11.9. The summed E-state index contributed by atoms with van der Waals surface area (Å²) in [4.78, 5) is 26.2. The van der Waals surface area contributed by atoms with Crippen LogP contribution in [-0.4, -0.2) is 61.0 Å². The lowest BCUT2D eigenvalue weighted by Crippen LogP contribution is -2.37. The van der Waals surface area contributed by atoms with Gasteiger partial charge in [-0.1, -0.05) is 76.2 Å². The minimum absolute atomic E-state index is 0.216. The van der Waals surface area contributed by atoms with Crippen LogP contribution in [0.2, 0.25) is 0 Å². The van der Waals surface area contributed by atoms with Crippen molar-refractivity contribution in [2.45, 2.75) is 132 Å². The van der Waals surface area contributed by atoms with Crippen molar-refractivity contribution in [1.29, 1.82) is 0 Å². The molecule has 2 rings (SSSR count). The number of carbonyl (C=O) groups is 2. The number of thioether (sulfide) groups is 2. The molecular formula is C36H55NO6S2. The molecule has 4 N–H and O–H groups in total. The van der Waals surface area contributed by atoms with E-state index in [0.29, 0.717) is 12.2 Å². The Morgan fingerprint density at radius 1 is 0.600 bits per heavy atom. The zero-order valence-corrected chi connectivity index (χ0v) is 31.1. The van der Waals surface area contributed by atoms with Crippen LogP contribution < -0.4 is 0 Å². The molecule has 9 heteroatoms. The highest BCUT2D eigenvalue weighted by Crippen LogP contribution is 2.51. The summed E-state index contributed by atoms with van der Waals surface area (Å²) < 4.78 is -0.325. The average molecular weight is 662 g/mol. The van der Waals surface area contributed by atoms with E-state index in [-0.39, 0.29) is 45.7 Å². The molecule has 0 bridgehead atoms. The maximum absolute atomic E-state index is 11.6. The first-order valence-electron chi connectivity index (χ1n) is 15.4. The molecule has 252 valence electrons. The number of aliphatic carboxylic acids is 2. The van der Waals surface area contributed by atoms with Crippen molar-refractivity contribution in [2.75, 3.05) is 19.6 Å². The minimum atomic E-state index is -1.08. The summed E-state index contributed by atoms with van der Waals surface area (Å²) in [5, 5.41) is 41.4. The van der Waals surface area contributed by atoms with Crippen molar-refractivity contribution >= 4 is 35.5 Å². The monoisotopic (exact) mass is 661 g/mol. The van der Waals surface area contributed by atoms with Crippen LogP contribution in [0.25, 0.3) is 0 Å². The van der Waals surface area contributed by atoms with Gasteiger partial charge in [-0.25, -0.2) is 0 Å². The summed E-state index contributed by atoms with van der Waals surface area (Å²) >= 11 is 3.44. The van der Waals surface area contributed by atoms with Crippen LogP contribution in [-0.2, 0) is 31.2 Å². The molecule has 0 atom stereocenters. The Balaban J connectivity index is 2.55. The standard InChI is InChI=1S/C36H55NO6S2/c1-32(2,3)24-16-22(17-25(30(24)42)33(4,5)6)44-36(12,13)45-23-18-26(34(7,8)9)31(43)27(19-23)35(10,11)14-15-37(20-28(38)39)21-29(40)41/h16-19,42-43H,14-15,20-21H2,1-13H3,(H,38,39)(H,40,41). The first kappa shape index (κ1) is 38.8. The van der Waals surface area contributed by atoms with Gasteiger partial charge in [-0.15, -0.1) is 23.5 Å². The van der Waals surface area contributed by atoms with E-state index in [0.717, 1.165) is 32.0 Å². The number of hydrogen-bond donors (Lipinski definition) is 4. The number of aromatic hydroxyl groups is 2. The Morgan fingerprint density at radius 3 is 1.22 bits per heavy atom. The number of rotatable bonds is 12. The summed E-state index contributed by atoms with van der Waals surface area (Å²) in [6, 6.07) is 8.28. The summed E-state index contributed by atoms with van der Waals surface area (Å²) in [6.45, 7) is 26.7. The van der Waals surface area contributed by atoms with Crippen LogP contribution in [0.4, 0.5) is 0 Å². The number of phenols is 2. The molecule has 0 radical (unpaired) electrons. The smallest absolute Gasteiger partial charge is 0.317 e. The zero-order valence-electron chi connectivity index (χ0n) is 29.5. The van der Waals surface area contributed by atoms with Gasteiger partial charge in [-0.2, -0.15) is 0 Å². The molecule has 45 heavy (non-hydrogen) atoms. The van der Waals surface area contributed by atoms with Gasteiger partial charge in [-0.05, 0) is 66.2 Å². The number of nitrogens with zero attached hydrogens (tertiary/aromatic N) is 1. The predicted octanol–water partition coefficient (Wildman–Crippen LogP) is 8.75. The molecule has 0 saturated carbocycles. The number of hydrogen-bond acceptors (Lipinski definition) is 7. The fourth-order valence-corrected chi connectivity index (χ4v) is 7.91. The van der Waals surface area contributed by atoms with Gasteiger partial charge in [0.2, 0.25) is 0 Å². The molecule has 2 aromatic carbocycles. The molecule has 0 aliphatic rings. The SMILES string of the molecule is CC(C)(Sc1cc(C(C)(C)C)c(O)c(C(C)(C)C)c1)Sc1cc(C(C)(C)C)c(O)c(C(C)(C)CCN(CC(=O)O)CC(=O)O)c1. The molecule has 7 nitrogen and oxygen atoms in total. The third-order valence-corrected chi connectivity index (χ3v) is 10.2. The molecule has 0 amide bonds. The van der Waals surface area contributed by atoms with Crippen LogP contribution in [0.5, 0.6) is 11.5 Å². The lowest BCUT2D eigenvalue weighted by molar-refractivity contribution is -0.141. The van der Waals surface area contributed by atoms with Crippen molar-refractivity contribution in [2.24, 2.45) is 0 Å². The number of carboxylic acid groups (broad SMARTS) is 2. The molecule has 0 saturated heterocycles. The quantitative estimate of drug-likeness (QED) is 0.131. The van der Waals surface area contributed by atoms with Gasteiger partial charge in [0.15, 0.2) is 0 Å². The summed E-state index contributed by atoms with van der Waals surface area (Å²) in [5.74, 6) is -1.59. The lowest BCUT2D eigenvalue weighted by Gasteiger charge is -2.33. The van der Waals surface area contributed by atoms with Crippen molar-refractivity contribution in [3.8, 4) is 11.5 Å². The van der Waals surface area contributed by atoms with E-state index < -0.39 is 17.4 Å². The van der Waals surface area contributed by atoms with Crippen LogP contribution in [0.3, 0.4) is 0 Å². The van der Waals surface area contributed by atoms with Crippen molar-refractivity contribution < 1.29 is 30.0 Å². The lowest BCUT2D eigenvalue weighted by atomic mass is 9.77. The summed E-state index contributed by atoms with van der Waals surface area (Å²) in [5.41, 5.74) is 2.01.